The van der Waals surface area contributed by atoms with Gasteiger partial charge >= 0.3 is 5.97 Å². The maximum Gasteiger partial charge on any atom is 0.305 e. The maximum absolute atomic E-state index is 12.0. The summed E-state index contributed by atoms with van der Waals surface area (Å²) in [4.78, 5) is 12.0. The van der Waals surface area contributed by atoms with Crippen LogP contribution in [0.5, 0.6) is 0 Å². The van der Waals surface area contributed by atoms with E-state index >= 15 is 0 Å². The minimum Gasteiger partial charge on any atom is -0.462 e. The molecule has 0 N–H and O–H groups in total. The van der Waals surface area contributed by atoms with Crippen LogP contribution >= 0.6 is 12.6 Å². The second-order valence-electron chi connectivity index (χ2n) is 13.7. The molecule has 2 nitrogen and oxygen atoms in total. The summed E-state index contributed by atoms with van der Waals surface area (Å²) >= 11 is 5.26. The minimum absolute atomic E-state index is 0.0321. The molecule has 0 aromatic carbocycles. The van der Waals surface area contributed by atoms with Crippen molar-refractivity contribution in [2.24, 2.45) is 52.3 Å². The molecule has 0 spiro atoms. The molecule has 0 heterocycles. The number of rotatable bonds is 8. The van der Waals surface area contributed by atoms with Crippen LogP contribution in [0.2, 0.25) is 0 Å². The first kappa shape index (κ1) is 27.6. The zero-order valence-corrected chi connectivity index (χ0v) is 24.5. The van der Waals surface area contributed by atoms with E-state index in [9.17, 15) is 4.79 Å². The van der Waals surface area contributed by atoms with Gasteiger partial charge in [0.2, 0.25) is 0 Å². The number of hydrogen-bond donors (Lipinski definition) is 1. The van der Waals surface area contributed by atoms with Crippen molar-refractivity contribution in [3.8, 4) is 0 Å². The SMILES string of the molecule is C=C(CCC(C)C1CCC2C3CC(S)C4CC(OC(=O)CC)CCC4(C)C3CCC12C)C(C)CC. The van der Waals surface area contributed by atoms with Gasteiger partial charge in [0, 0.05) is 11.7 Å². The third kappa shape index (κ3) is 5.03. The van der Waals surface area contributed by atoms with Crippen LogP contribution in [0.3, 0.4) is 0 Å². The lowest BCUT2D eigenvalue weighted by Crippen LogP contribution is -2.57. The van der Waals surface area contributed by atoms with Crippen LogP contribution in [0.15, 0.2) is 12.2 Å². The Kier molecular flexibility index (Phi) is 8.47. The third-order valence-corrected chi connectivity index (χ3v) is 12.8. The van der Waals surface area contributed by atoms with E-state index in [1.807, 2.05) is 6.92 Å². The predicted molar refractivity (Wildman–Crippen MR) is 151 cm³/mol. The van der Waals surface area contributed by atoms with Crippen LogP contribution in [-0.2, 0) is 9.53 Å². The Morgan fingerprint density at radius 1 is 1.00 bits per heavy atom. The van der Waals surface area contributed by atoms with Crippen molar-refractivity contribution in [3.05, 3.63) is 12.2 Å². The van der Waals surface area contributed by atoms with E-state index in [0.29, 0.717) is 34.3 Å². The molecule has 0 bridgehead atoms. The predicted octanol–water partition coefficient (Wildman–Crippen LogP) is 8.89. The zero-order chi connectivity index (χ0) is 25.5. The molecule has 4 rings (SSSR count). The van der Waals surface area contributed by atoms with Crippen molar-refractivity contribution in [2.75, 3.05) is 0 Å². The number of carbonyl (C=O) groups excluding carboxylic acids is 1. The fourth-order valence-electron chi connectivity index (χ4n) is 9.76. The van der Waals surface area contributed by atoms with Crippen LogP contribution in [0.25, 0.3) is 0 Å². The first-order valence-corrected chi connectivity index (χ1v) is 15.6. The quantitative estimate of drug-likeness (QED) is 0.204. The van der Waals surface area contributed by atoms with Gasteiger partial charge in [0.05, 0.1) is 0 Å². The molecule has 0 aromatic heterocycles. The van der Waals surface area contributed by atoms with Crippen molar-refractivity contribution in [2.45, 2.75) is 130 Å². The molecule has 0 radical (unpaired) electrons. The van der Waals surface area contributed by atoms with Gasteiger partial charge in [0.25, 0.3) is 0 Å². The first-order valence-electron chi connectivity index (χ1n) is 15.1. The van der Waals surface area contributed by atoms with Gasteiger partial charge in [-0.1, -0.05) is 53.7 Å². The van der Waals surface area contributed by atoms with Gasteiger partial charge < -0.3 is 4.74 Å². The highest BCUT2D eigenvalue weighted by Gasteiger charge is 2.62. The lowest BCUT2D eigenvalue weighted by molar-refractivity contribution is -0.161. The molecule has 4 fully saturated rings. The number of hydrogen-bond acceptors (Lipinski definition) is 3. The highest BCUT2D eigenvalue weighted by Crippen LogP contribution is 2.69. The van der Waals surface area contributed by atoms with Crippen LogP contribution < -0.4 is 0 Å². The van der Waals surface area contributed by atoms with Gasteiger partial charge in [-0.3, -0.25) is 4.79 Å². The largest absolute Gasteiger partial charge is 0.462 e. The Hall–Kier alpha value is -0.440. The fourth-order valence-corrected chi connectivity index (χ4v) is 10.5. The molecule has 200 valence electrons. The molecule has 4 aliphatic carbocycles. The monoisotopic (exact) mass is 502 g/mol. The smallest absolute Gasteiger partial charge is 0.305 e. The van der Waals surface area contributed by atoms with E-state index in [-0.39, 0.29) is 12.1 Å². The van der Waals surface area contributed by atoms with Crippen molar-refractivity contribution < 1.29 is 9.53 Å². The normalized spacial score (nSPS) is 44.5. The van der Waals surface area contributed by atoms with Crippen molar-refractivity contribution in [1.29, 1.82) is 0 Å². The van der Waals surface area contributed by atoms with E-state index in [4.69, 9.17) is 17.4 Å². The van der Waals surface area contributed by atoms with E-state index in [1.54, 1.807) is 0 Å². The standard InChI is InChI=1S/C32H54O2S/c1-8-20(3)21(4)10-11-22(5)25-12-13-26-24-19-29(35)28-18-23(34-30(33)9-2)14-16-32(28,7)27(24)15-17-31(25,26)6/h20,22-29,35H,4,8-19H2,1-3,5-7H3. The Labute approximate surface area is 222 Å². The molecule has 0 saturated heterocycles. The molecule has 4 aliphatic rings. The minimum atomic E-state index is -0.0321. The summed E-state index contributed by atoms with van der Waals surface area (Å²) in [7, 11) is 0. The number of thiol groups is 1. The Balaban J connectivity index is 1.45. The first-order chi connectivity index (χ1) is 16.5. The van der Waals surface area contributed by atoms with Crippen LogP contribution in [-0.4, -0.2) is 17.3 Å². The lowest BCUT2D eigenvalue weighted by atomic mass is 9.44. The number of ether oxygens (including phenoxy) is 1. The topological polar surface area (TPSA) is 26.3 Å². The fraction of sp³-hybridized carbons (Fsp3) is 0.906. The molecular weight excluding hydrogens is 448 g/mol. The summed E-state index contributed by atoms with van der Waals surface area (Å²) in [5.74, 6) is 5.41. The van der Waals surface area contributed by atoms with E-state index in [0.717, 1.165) is 42.4 Å². The zero-order valence-electron chi connectivity index (χ0n) is 23.7. The van der Waals surface area contributed by atoms with Gasteiger partial charge in [-0.05, 0) is 123 Å². The summed E-state index contributed by atoms with van der Waals surface area (Å²) in [5, 5.41) is 0.446. The number of allylic oxidation sites excluding steroid dienone is 1. The second kappa shape index (κ2) is 10.7. The van der Waals surface area contributed by atoms with E-state index < -0.39 is 0 Å². The Morgan fingerprint density at radius 2 is 1.69 bits per heavy atom. The third-order valence-electron chi connectivity index (χ3n) is 12.2. The van der Waals surface area contributed by atoms with E-state index in [2.05, 4.69) is 41.2 Å². The summed E-state index contributed by atoms with van der Waals surface area (Å²) in [6, 6.07) is 0. The number of carbonyl (C=O) groups is 1. The van der Waals surface area contributed by atoms with Crippen molar-refractivity contribution in [3.63, 3.8) is 0 Å². The van der Waals surface area contributed by atoms with Crippen LogP contribution in [0.4, 0.5) is 0 Å². The summed E-state index contributed by atoms with van der Waals surface area (Å²) in [5.41, 5.74) is 2.33. The molecular formula is C32H54O2S. The van der Waals surface area contributed by atoms with Crippen molar-refractivity contribution in [1.82, 2.24) is 0 Å². The van der Waals surface area contributed by atoms with Crippen LogP contribution in [0.1, 0.15) is 119 Å². The average molecular weight is 503 g/mol. The molecule has 4 saturated carbocycles. The molecule has 0 aromatic rings. The Bertz CT molecular complexity index is 778. The average Bonchev–Trinajstić information content (AvgIpc) is 3.20. The summed E-state index contributed by atoms with van der Waals surface area (Å²) in [6.45, 7) is 18.8. The van der Waals surface area contributed by atoms with Gasteiger partial charge in [-0.15, -0.1) is 0 Å². The highest BCUT2D eigenvalue weighted by molar-refractivity contribution is 7.81. The number of fused-ring (bicyclic) bond motifs is 5. The summed E-state index contributed by atoms with van der Waals surface area (Å²) < 4.78 is 5.83. The van der Waals surface area contributed by atoms with Gasteiger partial charge in [-0.2, -0.15) is 12.6 Å². The Morgan fingerprint density at radius 3 is 2.37 bits per heavy atom. The lowest BCUT2D eigenvalue weighted by Gasteiger charge is -2.62. The molecule has 3 heteroatoms. The highest BCUT2D eigenvalue weighted by atomic mass is 32.1. The number of esters is 1. The maximum atomic E-state index is 12.0. The van der Waals surface area contributed by atoms with Gasteiger partial charge in [0.1, 0.15) is 6.10 Å². The molecule has 35 heavy (non-hydrogen) atoms. The van der Waals surface area contributed by atoms with Crippen LogP contribution in [0, 0.1) is 52.3 Å². The van der Waals surface area contributed by atoms with Gasteiger partial charge in [-0.25, -0.2) is 0 Å². The van der Waals surface area contributed by atoms with E-state index in [1.165, 1.54) is 63.4 Å². The molecule has 11 atom stereocenters. The molecule has 0 aliphatic heterocycles. The second-order valence-corrected chi connectivity index (χ2v) is 14.4. The van der Waals surface area contributed by atoms with Crippen molar-refractivity contribution >= 4 is 18.6 Å². The summed E-state index contributed by atoms with van der Waals surface area (Å²) in [6.07, 6.45) is 14.6. The van der Waals surface area contributed by atoms with Gasteiger partial charge in [0.15, 0.2) is 0 Å². The molecule has 11 unspecified atom stereocenters. The molecule has 0 amide bonds.